The van der Waals surface area contributed by atoms with E-state index in [-0.39, 0.29) is 0 Å². The number of benzene rings is 3. The first-order valence-electron chi connectivity index (χ1n) is 13.2. The molecule has 0 atom stereocenters. The second kappa shape index (κ2) is 11.5. The molecular weight excluding hydrogens is 442 g/mol. The van der Waals surface area contributed by atoms with Crippen molar-refractivity contribution in [1.82, 2.24) is 15.3 Å². The van der Waals surface area contributed by atoms with Crippen LogP contribution in [-0.4, -0.2) is 42.7 Å². The first-order valence-corrected chi connectivity index (χ1v) is 13.2. The highest BCUT2D eigenvalue weighted by atomic mass is 15.2. The summed E-state index contributed by atoms with van der Waals surface area (Å²) in [4.78, 5) is 11.7. The van der Waals surface area contributed by atoms with Crippen LogP contribution in [-0.2, 0) is 0 Å². The standard InChI is InChI=1S/C31H37N5/c1-36(2)30-28-15-9-10-16-29(28)34-31(35-30)33-26-19-17-25(18-20-26)32-22-21-27(23-11-5-3-6-12-23)24-13-7-4-8-14-24/h3-16,25-27,32H,17-22H2,1-2H3,(H,33,34,35). The molecule has 1 aliphatic carbocycles. The van der Waals surface area contributed by atoms with Gasteiger partial charge in [-0.15, -0.1) is 0 Å². The molecule has 1 aliphatic rings. The van der Waals surface area contributed by atoms with Gasteiger partial charge in [0.2, 0.25) is 5.95 Å². The third kappa shape index (κ3) is 5.85. The van der Waals surface area contributed by atoms with Crippen molar-refractivity contribution in [2.45, 2.75) is 50.1 Å². The molecular formula is C31H37N5. The lowest BCUT2D eigenvalue weighted by atomic mass is 9.88. The Balaban J connectivity index is 1.15. The van der Waals surface area contributed by atoms with Crippen LogP contribution >= 0.6 is 0 Å². The molecule has 1 heterocycles. The quantitative estimate of drug-likeness (QED) is 0.298. The Kier molecular flexibility index (Phi) is 7.77. The Labute approximate surface area is 215 Å². The minimum atomic E-state index is 0.417. The van der Waals surface area contributed by atoms with E-state index in [4.69, 9.17) is 9.97 Å². The molecule has 186 valence electrons. The molecule has 5 nitrogen and oxygen atoms in total. The van der Waals surface area contributed by atoms with Crippen molar-refractivity contribution in [2.24, 2.45) is 0 Å². The van der Waals surface area contributed by atoms with Gasteiger partial charge in [-0.2, -0.15) is 4.98 Å². The average Bonchev–Trinajstić information content (AvgIpc) is 2.92. The smallest absolute Gasteiger partial charge is 0.225 e. The number of para-hydroxylation sites is 1. The van der Waals surface area contributed by atoms with Crippen molar-refractivity contribution < 1.29 is 0 Å². The molecule has 1 aromatic heterocycles. The Morgan fingerprint density at radius 2 is 1.33 bits per heavy atom. The molecule has 3 aromatic carbocycles. The number of nitrogens with one attached hydrogen (secondary N) is 2. The van der Waals surface area contributed by atoms with Gasteiger partial charge >= 0.3 is 0 Å². The summed E-state index contributed by atoms with van der Waals surface area (Å²) in [6, 6.07) is 31.0. The number of hydrogen-bond acceptors (Lipinski definition) is 5. The van der Waals surface area contributed by atoms with Crippen LogP contribution in [0.4, 0.5) is 11.8 Å². The van der Waals surface area contributed by atoms with E-state index in [1.165, 1.54) is 24.0 Å². The van der Waals surface area contributed by atoms with Crippen molar-refractivity contribution in [2.75, 3.05) is 30.9 Å². The van der Waals surface area contributed by atoms with Crippen LogP contribution in [0, 0.1) is 0 Å². The van der Waals surface area contributed by atoms with Crippen LogP contribution in [0.3, 0.4) is 0 Å². The highest BCUT2D eigenvalue weighted by molar-refractivity contribution is 5.90. The fourth-order valence-corrected chi connectivity index (χ4v) is 5.42. The Morgan fingerprint density at radius 3 is 1.97 bits per heavy atom. The van der Waals surface area contributed by atoms with Gasteiger partial charge in [0.05, 0.1) is 5.52 Å². The SMILES string of the molecule is CN(C)c1nc(NC2CCC(NCCC(c3ccccc3)c3ccccc3)CC2)nc2ccccc12. The predicted octanol–water partition coefficient (Wildman–Crippen LogP) is 6.23. The van der Waals surface area contributed by atoms with Crippen LogP contribution in [0.25, 0.3) is 10.9 Å². The van der Waals surface area contributed by atoms with Crippen molar-refractivity contribution in [1.29, 1.82) is 0 Å². The van der Waals surface area contributed by atoms with E-state index in [2.05, 4.69) is 88.3 Å². The first kappa shape index (κ1) is 24.3. The summed E-state index contributed by atoms with van der Waals surface area (Å²) < 4.78 is 0. The van der Waals surface area contributed by atoms with Gasteiger partial charge in [-0.3, -0.25) is 0 Å². The summed E-state index contributed by atoms with van der Waals surface area (Å²) in [5, 5.41) is 8.58. The third-order valence-electron chi connectivity index (χ3n) is 7.34. The fourth-order valence-electron chi connectivity index (χ4n) is 5.42. The maximum atomic E-state index is 4.83. The zero-order chi connectivity index (χ0) is 24.7. The fraction of sp³-hybridized carbons (Fsp3) is 0.355. The molecule has 0 aliphatic heterocycles. The molecule has 0 unspecified atom stereocenters. The van der Waals surface area contributed by atoms with Crippen molar-refractivity contribution in [3.63, 3.8) is 0 Å². The van der Waals surface area contributed by atoms with Gasteiger partial charge in [-0.25, -0.2) is 4.98 Å². The molecule has 0 bridgehead atoms. The normalized spacial score (nSPS) is 17.9. The average molecular weight is 480 g/mol. The molecule has 5 rings (SSSR count). The summed E-state index contributed by atoms with van der Waals surface area (Å²) in [5.74, 6) is 2.13. The lowest BCUT2D eigenvalue weighted by Crippen LogP contribution is -2.38. The monoisotopic (exact) mass is 479 g/mol. The number of nitrogens with zero attached hydrogens (tertiary/aromatic N) is 3. The molecule has 36 heavy (non-hydrogen) atoms. The molecule has 1 fully saturated rings. The molecule has 0 amide bonds. The van der Waals surface area contributed by atoms with E-state index >= 15 is 0 Å². The van der Waals surface area contributed by atoms with E-state index in [1.54, 1.807) is 0 Å². The number of hydrogen-bond donors (Lipinski definition) is 2. The summed E-state index contributed by atoms with van der Waals surface area (Å²) in [5.41, 5.74) is 3.78. The largest absolute Gasteiger partial charge is 0.362 e. The first-order chi connectivity index (χ1) is 17.7. The van der Waals surface area contributed by atoms with Crippen molar-refractivity contribution in [3.05, 3.63) is 96.1 Å². The van der Waals surface area contributed by atoms with Gasteiger partial charge in [-0.05, 0) is 61.9 Å². The minimum Gasteiger partial charge on any atom is -0.362 e. The topological polar surface area (TPSA) is 53.1 Å². The van der Waals surface area contributed by atoms with Crippen LogP contribution < -0.4 is 15.5 Å². The molecule has 0 radical (unpaired) electrons. The summed E-state index contributed by atoms with van der Waals surface area (Å²) in [7, 11) is 4.07. The van der Waals surface area contributed by atoms with E-state index in [0.717, 1.165) is 48.5 Å². The van der Waals surface area contributed by atoms with Crippen molar-refractivity contribution >= 4 is 22.7 Å². The summed E-state index contributed by atoms with van der Waals surface area (Å²) in [6.45, 7) is 1.02. The van der Waals surface area contributed by atoms with E-state index < -0.39 is 0 Å². The highest BCUT2D eigenvalue weighted by Gasteiger charge is 2.23. The van der Waals surface area contributed by atoms with Crippen molar-refractivity contribution in [3.8, 4) is 0 Å². The van der Waals surface area contributed by atoms with Crippen LogP contribution in [0.15, 0.2) is 84.9 Å². The maximum absolute atomic E-state index is 4.83. The molecule has 4 aromatic rings. The summed E-state index contributed by atoms with van der Waals surface area (Å²) >= 11 is 0. The second-order valence-electron chi connectivity index (χ2n) is 10.1. The molecule has 0 spiro atoms. The van der Waals surface area contributed by atoms with Crippen LogP contribution in [0.5, 0.6) is 0 Å². The minimum absolute atomic E-state index is 0.417. The molecule has 5 heteroatoms. The summed E-state index contributed by atoms with van der Waals surface area (Å²) in [6.07, 6.45) is 5.71. The Morgan fingerprint density at radius 1 is 0.750 bits per heavy atom. The van der Waals surface area contributed by atoms with E-state index in [1.807, 2.05) is 26.2 Å². The van der Waals surface area contributed by atoms with Gasteiger partial charge in [0.15, 0.2) is 0 Å². The van der Waals surface area contributed by atoms with Gasteiger partial charge in [-0.1, -0.05) is 72.8 Å². The van der Waals surface area contributed by atoms with Gasteiger partial charge < -0.3 is 15.5 Å². The van der Waals surface area contributed by atoms with Crippen LogP contribution in [0.2, 0.25) is 0 Å². The van der Waals surface area contributed by atoms with Crippen LogP contribution in [0.1, 0.15) is 49.1 Å². The maximum Gasteiger partial charge on any atom is 0.225 e. The Bertz CT molecular complexity index is 1190. The number of aromatic nitrogens is 2. The highest BCUT2D eigenvalue weighted by Crippen LogP contribution is 2.29. The number of fused-ring (bicyclic) bond motifs is 1. The second-order valence-corrected chi connectivity index (χ2v) is 10.1. The third-order valence-corrected chi connectivity index (χ3v) is 7.34. The van der Waals surface area contributed by atoms with Gasteiger partial charge in [0, 0.05) is 37.5 Å². The Hall–Kier alpha value is -3.44. The zero-order valence-electron chi connectivity index (χ0n) is 21.4. The lowest BCUT2D eigenvalue weighted by Gasteiger charge is -2.30. The molecule has 1 saturated carbocycles. The van der Waals surface area contributed by atoms with E-state index in [9.17, 15) is 0 Å². The predicted molar refractivity (Wildman–Crippen MR) is 151 cm³/mol. The van der Waals surface area contributed by atoms with Gasteiger partial charge in [0.25, 0.3) is 0 Å². The zero-order valence-corrected chi connectivity index (χ0v) is 21.4. The number of rotatable bonds is 9. The van der Waals surface area contributed by atoms with Gasteiger partial charge in [0.1, 0.15) is 5.82 Å². The number of anilines is 2. The van der Waals surface area contributed by atoms with E-state index in [0.29, 0.717) is 18.0 Å². The lowest BCUT2D eigenvalue weighted by molar-refractivity contribution is 0.350. The molecule has 2 N–H and O–H groups in total. The molecule has 0 saturated heterocycles.